The molecule has 0 aliphatic heterocycles. The third kappa shape index (κ3) is 4.28. The first-order chi connectivity index (χ1) is 19.7. The van der Waals surface area contributed by atoms with Gasteiger partial charge in [0.2, 0.25) is 0 Å². The zero-order valence-electron chi connectivity index (χ0n) is 27.5. The first-order valence-corrected chi connectivity index (χ1v) is 17.0. The largest absolute Gasteiger partial charge is 0.396 e. The predicted molar refractivity (Wildman–Crippen MR) is 168 cm³/mol. The van der Waals surface area contributed by atoms with E-state index < -0.39 is 11.5 Å². The molecule has 4 fully saturated rings. The van der Waals surface area contributed by atoms with Gasteiger partial charge >= 0.3 is 0 Å². The molecule has 42 heavy (non-hydrogen) atoms. The lowest BCUT2D eigenvalue weighted by atomic mass is 9.33. The van der Waals surface area contributed by atoms with E-state index in [1.54, 1.807) is 5.57 Å². The Kier molecular flexibility index (Phi) is 7.45. The number of hydrogen-bond acceptors (Lipinski definition) is 4. The second-order valence-electron chi connectivity index (χ2n) is 17.4. The van der Waals surface area contributed by atoms with Gasteiger partial charge in [-0.25, -0.2) is 0 Å². The number of rotatable bonds is 5. The molecular weight excluding hydrogens is 520 g/mol. The van der Waals surface area contributed by atoms with Crippen molar-refractivity contribution in [1.82, 2.24) is 0 Å². The average molecular weight is 579 g/mol. The van der Waals surface area contributed by atoms with Gasteiger partial charge in [0.15, 0.2) is 0 Å². The van der Waals surface area contributed by atoms with Crippen molar-refractivity contribution in [2.75, 3.05) is 6.61 Å². The van der Waals surface area contributed by atoms with E-state index >= 15 is 0 Å². The van der Waals surface area contributed by atoms with Crippen LogP contribution in [0.3, 0.4) is 0 Å². The van der Waals surface area contributed by atoms with Crippen LogP contribution in [-0.2, 0) is 18.0 Å². The first kappa shape index (κ1) is 30.8. The summed E-state index contributed by atoms with van der Waals surface area (Å²) in [6.07, 6.45) is 12.6. The molecular formula is C38H58O4. The van der Waals surface area contributed by atoms with Crippen molar-refractivity contribution >= 4 is 0 Å². The van der Waals surface area contributed by atoms with E-state index in [1.165, 1.54) is 31.2 Å². The minimum atomic E-state index is -0.403. The Morgan fingerprint density at radius 1 is 0.786 bits per heavy atom. The van der Waals surface area contributed by atoms with Crippen LogP contribution in [0.25, 0.3) is 0 Å². The Morgan fingerprint density at radius 3 is 2.14 bits per heavy atom. The van der Waals surface area contributed by atoms with Crippen LogP contribution in [0.4, 0.5) is 0 Å². The minimum Gasteiger partial charge on any atom is -0.396 e. The summed E-state index contributed by atoms with van der Waals surface area (Å²) in [5.74, 6) is 1.47. The van der Waals surface area contributed by atoms with Crippen molar-refractivity contribution in [2.24, 2.45) is 50.2 Å². The standard InChI is InChI=1S/C38H58O4/c1-33(2)20-28-27-12-13-30-35(4)16-15-31(41)36(5,24-40)29(35)14-17-38(30,7)37(27,6)19-18-34(28,3)32(21-33)42-23-26-10-8-25(22-39)9-11-26/h8-12,28-32,39-41H,13-24H2,1-7H3/t28-,29+,30+,31-,32+,34+,35-,36+,37+,38+/m0/s1. The van der Waals surface area contributed by atoms with Crippen molar-refractivity contribution in [3.63, 3.8) is 0 Å². The summed E-state index contributed by atoms with van der Waals surface area (Å²) in [7, 11) is 0. The molecule has 10 atom stereocenters. The fraction of sp³-hybridized carbons (Fsp3) is 0.789. The molecule has 0 aromatic heterocycles. The smallest absolute Gasteiger partial charge is 0.0720 e. The van der Waals surface area contributed by atoms with Crippen LogP contribution in [0.5, 0.6) is 0 Å². The van der Waals surface area contributed by atoms with Gasteiger partial charge in [0.05, 0.1) is 32.0 Å². The van der Waals surface area contributed by atoms with E-state index in [9.17, 15) is 15.3 Å². The van der Waals surface area contributed by atoms with Crippen LogP contribution in [0, 0.1) is 50.2 Å². The average Bonchev–Trinajstić information content (AvgIpc) is 2.95. The lowest BCUT2D eigenvalue weighted by molar-refractivity contribution is -0.220. The van der Waals surface area contributed by atoms with E-state index in [-0.39, 0.29) is 46.4 Å². The number of benzene rings is 1. The molecule has 4 saturated carbocycles. The maximum absolute atomic E-state index is 11.1. The summed E-state index contributed by atoms with van der Waals surface area (Å²) in [5, 5.41) is 31.1. The van der Waals surface area contributed by atoms with Crippen LogP contribution >= 0.6 is 0 Å². The summed E-state index contributed by atoms with van der Waals surface area (Å²) < 4.78 is 6.89. The summed E-state index contributed by atoms with van der Waals surface area (Å²) in [6.45, 7) is 18.2. The number of ether oxygens (including phenoxy) is 1. The summed E-state index contributed by atoms with van der Waals surface area (Å²) >= 11 is 0. The second-order valence-corrected chi connectivity index (χ2v) is 17.4. The van der Waals surface area contributed by atoms with Crippen LogP contribution in [0.2, 0.25) is 0 Å². The summed E-state index contributed by atoms with van der Waals surface area (Å²) in [5.41, 5.74) is 4.32. The Balaban J connectivity index is 1.32. The highest BCUT2D eigenvalue weighted by molar-refractivity contribution is 5.34. The fourth-order valence-electron chi connectivity index (χ4n) is 11.9. The summed E-state index contributed by atoms with van der Waals surface area (Å²) in [6, 6.07) is 8.22. The van der Waals surface area contributed by atoms with Gasteiger partial charge in [0, 0.05) is 10.8 Å². The van der Waals surface area contributed by atoms with Gasteiger partial charge in [0.25, 0.3) is 0 Å². The Hall–Kier alpha value is -1.20. The van der Waals surface area contributed by atoms with E-state index in [4.69, 9.17) is 4.74 Å². The molecule has 0 amide bonds. The molecule has 1 aromatic carbocycles. The molecule has 5 aliphatic carbocycles. The van der Waals surface area contributed by atoms with Gasteiger partial charge in [-0.05, 0) is 108 Å². The quantitative estimate of drug-likeness (QED) is 0.312. The molecule has 0 heterocycles. The van der Waals surface area contributed by atoms with Crippen LogP contribution in [0.1, 0.15) is 117 Å². The maximum atomic E-state index is 11.1. The van der Waals surface area contributed by atoms with Crippen molar-refractivity contribution < 1.29 is 20.1 Å². The van der Waals surface area contributed by atoms with Gasteiger partial charge in [-0.2, -0.15) is 0 Å². The number of aliphatic hydroxyl groups is 3. The Labute approximate surface area is 255 Å². The van der Waals surface area contributed by atoms with E-state index in [0.29, 0.717) is 24.4 Å². The van der Waals surface area contributed by atoms with Gasteiger partial charge in [0.1, 0.15) is 0 Å². The lowest BCUT2D eigenvalue weighted by Gasteiger charge is -2.71. The highest BCUT2D eigenvalue weighted by atomic mass is 16.5. The second kappa shape index (κ2) is 10.2. The van der Waals surface area contributed by atoms with Crippen molar-refractivity contribution in [2.45, 2.75) is 132 Å². The number of fused-ring (bicyclic) bond motifs is 7. The normalized spacial score (nSPS) is 47.9. The third-order valence-corrected chi connectivity index (χ3v) is 14.9. The highest BCUT2D eigenvalue weighted by Gasteiger charge is 2.69. The lowest BCUT2D eigenvalue weighted by Crippen LogP contribution is -2.66. The van der Waals surface area contributed by atoms with Crippen LogP contribution in [0.15, 0.2) is 35.9 Å². The minimum absolute atomic E-state index is 0.0773. The van der Waals surface area contributed by atoms with E-state index in [0.717, 1.165) is 37.7 Å². The monoisotopic (exact) mass is 578 g/mol. The SMILES string of the molecule is CC1(C)C[C@@H](OCc2ccc(CO)cc2)[C@]2(C)CC[C@]3(C)C(=CC[C@@H]4[C@@]5(C)CC[C@H](O)[C@](C)(CO)[C@@H]5CC[C@]43C)[C@@H]2C1. The number of aliphatic hydroxyl groups excluding tert-OH is 3. The van der Waals surface area contributed by atoms with E-state index in [1.807, 2.05) is 12.1 Å². The first-order valence-electron chi connectivity index (χ1n) is 17.0. The maximum Gasteiger partial charge on any atom is 0.0720 e. The molecule has 4 heteroatoms. The van der Waals surface area contributed by atoms with Gasteiger partial charge in [-0.3, -0.25) is 0 Å². The zero-order chi connectivity index (χ0) is 30.3. The topological polar surface area (TPSA) is 69.9 Å². The van der Waals surface area contributed by atoms with Crippen LogP contribution in [-0.4, -0.2) is 34.1 Å². The molecule has 4 nitrogen and oxygen atoms in total. The third-order valence-electron chi connectivity index (χ3n) is 14.9. The van der Waals surface area contributed by atoms with Crippen molar-refractivity contribution in [3.8, 4) is 0 Å². The number of allylic oxidation sites excluding steroid dienone is 2. The van der Waals surface area contributed by atoms with Crippen LogP contribution < -0.4 is 0 Å². The predicted octanol–water partition coefficient (Wildman–Crippen LogP) is 7.83. The molecule has 0 bridgehead atoms. The highest BCUT2D eigenvalue weighted by Crippen LogP contribution is 2.75. The molecule has 0 spiro atoms. The molecule has 6 rings (SSSR count). The molecule has 0 unspecified atom stereocenters. The molecule has 3 N–H and O–H groups in total. The fourth-order valence-corrected chi connectivity index (χ4v) is 11.9. The Morgan fingerprint density at radius 2 is 1.48 bits per heavy atom. The van der Waals surface area contributed by atoms with Crippen molar-refractivity contribution in [1.29, 1.82) is 0 Å². The molecule has 1 aromatic rings. The zero-order valence-corrected chi connectivity index (χ0v) is 27.5. The number of hydrogen-bond donors (Lipinski definition) is 3. The molecule has 234 valence electrons. The van der Waals surface area contributed by atoms with Gasteiger partial charge in [-0.15, -0.1) is 0 Å². The summed E-state index contributed by atoms with van der Waals surface area (Å²) in [4.78, 5) is 0. The molecule has 5 aliphatic rings. The molecule has 0 radical (unpaired) electrons. The van der Waals surface area contributed by atoms with E-state index in [2.05, 4.69) is 66.7 Å². The van der Waals surface area contributed by atoms with Gasteiger partial charge < -0.3 is 20.1 Å². The van der Waals surface area contributed by atoms with Gasteiger partial charge in [-0.1, -0.05) is 84.4 Å². The van der Waals surface area contributed by atoms with Crippen molar-refractivity contribution in [3.05, 3.63) is 47.0 Å². The molecule has 0 saturated heterocycles. The Bertz CT molecular complexity index is 1200.